The molecule has 0 bridgehead atoms. The minimum absolute atomic E-state index is 0.0109. The van der Waals surface area contributed by atoms with Gasteiger partial charge in [0.1, 0.15) is 5.69 Å². The molecule has 1 heterocycles. The van der Waals surface area contributed by atoms with E-state index in [2.05, 4.69) is 15.6 Å². The zero-order valence-corrected chi connectivity index (χ0v) is 13.9. The Labute approximate surface area is 141 Å². The average molecular weight is 323 g/mol. The van der Waals surface area contributed by atoms with Crippen LogP contribution in [0.3, 0.4) is 0 Å². The Bertz CT molecular complexity index is 754. The summed E-state index contributed by atoms with van der Waals surface area (Å²) in [4.78, 5) is 28.9. The first-order chi connectivity index (χ1) is 11.6. The van der Waals surface area contributed by atoms with Crippen molar-refractivity contribution in [3.8, 4) is 0 Å². The molecule has 2 aromatic rings. The quantitative estimate of drug-likeness (QED) is 0.888. The van der Waals surface area contributed by atoms with E-state index in [0.29, 0.717) is 11.3 Å². The molecule has 124 valence electrons. The van der Waals surface area contributed by atoms with Crippen LogP contribution < -0.4 is 10.6 Å². The summed E-state index contributed by atoms with van der Waals surface area (Å²) in [5.41, 5.74) is 2.54. The molecule has 1 aliphatic rings. The number of amides is 2. The molecular formula is C19H21N3O2. The number of hydrogen-bond acceptors (Lipinski definition) is 3. The van der Waals surface area contributed by atoms with Gasteiger partial charge < -0.3 is 10.6 Å². The molecule has 1 aliphatic carbocycles. The molecule has 5 heteroatoms. The second kappa shape index (κ2) is 6.83. The van der Waals surface area contributed by atoms with Crippen LogP contribution in [-0.4, -0.2) is 29.9 Å². The van der Waals surface area contributed by atoms with Gasteiger partial charge in [0.25, 0.3) is 11.8 Å². The van der Waals surface area contributed by atoms with Crippen LogP contribution in [0.25, 0.3) is 0 Å². The molecule has 0 spiro atoms. The molecule has 1 aromatic carbocycles. The number of nitrogens with one attached hydrogen (secondary N) is 2. The first-order valence-electron chi connectivity index (χ1n) is 8.18. The van der Waals surface area contributed by atoms with Crippen LogP contribution >= 0.6 is 0 Å². The molecule has 2 N–H and O–H groups in total. The molecule has 1 saturated carbocycles. The summed E-state index contributed by atoms with van der Waals surface area (Å²) in [6.07, 6.45) is 2.04. The van der Waals surface area contributed by atoms with E-state index in [9.17, 15) is 9.59 Å². The van der Waals surface area contributed by atoms with Gasteiger partial charge in [-0.15, -0.1) is 0 Å². The van der Waals surface area contributed by atoms with Crippen molar-refractivity contribution < 1.29 is 9.59 Å². The van der Waals surface area contributed by atoms with E-state index >= 15 is 0 Å². The maximum absolute atomic E-state index is 12.4. The van der Waals surface area contributed by atoms with Gasteiger partial charge >= 0.3 is 0 Å². The molecule has 24 heavy (non-hydrogen) atoms. The van der Waals surface area contributed by atoms with Crippen LogP contribution in [0.1, 0.15) is 57.8 Å². The smallest absolute Gasteiger partial charge is 0.269 e. The normalized spacial score (nSPS) is 14.8. The van der Waals surface area contributed by atoms with Crippen molar-refractivity contribution in [2.24, 2.45) is 0 Å². The highest BCUT2D eigenvalue weighted by Crippen LogP contribution is 2.24. The number of aromatic nitrogens is 1. The predicted molar refractivity (Wildman–Crippen MR) is 92.1 cm³/mol. The molecule has 0 saturated heterocycles. The molecule has 1 fully saturated rings. The Hall–Kier alpha value is -2.69. The number of hydrogen-bond donors (Lipinski definition) is 2. The van der Waals surface area contributed by atoms with Crippen molar-refractivity contribution in [2.45, 2.75) is 31.7 Å². The SMILES string of the molecule is CNC(=O)c1cc(C(=O)NC2CC2)cc(C(C)c2ccccc2)n1. The third-order valence-electron chi connectivity index (χ3n) is 4.22. The monoisotopic (exact) mass is 323 g/mol. The van der Waals surface area contributed by atoms with Gasteiger partial charge in [-0.1, -0.05) is 37.3 Å². The lowest BCUT2D eigenvalue weighted by molar-refractivity contribution is 0.0951. The topological polar surface area (TPSA) is 71.1 Å². The molecule has 0 radical (unpaired) electrons. The molecule has 1 aromatic heterocycles. The zero-order valence-electron chi connectivity index (χ0n) is 13.9. The number of pyridine rings is 1. The number of rotatable bonds is 5. The van der Waals surface area contributed by atoms with Crippen molar-refractivity contribution in [3.63, 3.8) is 0 Å². The molecule has 0 aliphatic heterocycles. The van der Waals surface area contributed by atoms with Gasteiger partial charge in [0.2, 0.25) is 0 Å². The van der Waals surface area contributed by atoms with E-state index in [1.165, 1.54) is 0 Å². The zero-order chi connectivity index (χ0) is 17.1. The van der Waals surface area contributed by atoms with Gasteiger partial charge in [-0.2, -0.15) is 0 Å². The van der Waals surface area contributed by atoms with E-state index in [-0.39, 0.29) is 29.5 Å². The number of benzene rings is 1. The van der Waals surface area contributed by atoms with Crippen LogP contribution in [0.5, 0.6) is 0 Å². The largest absolute Gasteiger partial charge is 0.354 e. The highest BCUT2D eigenvalue weighted by atomic mass is 16.2. The van der Waals surface area contributed by atoms with E-state index < -0.39 is 0 Å². The van der Waals surface area contributed by atoms with Crippen molar-refractivity contribution in [3.05, 3.63) is 65.0 Å². The molecular weight excluding hydrogens is 302 g/mol. The number of carbonyl (C=O) groups excluding carboxylic acids is 2. The summed E-state index contributed by atoms with van der Waals surface area (Å²) in [6.45, 7) is 2.02. The predicted octanol–water partition coefficient (Wildman–Crippen LogP) is 2.49. The minimum Gasteiger partial charge on any atom is -0.354 e. The second-order valence-corrected chi connectivity index (χ2v) is 6.13. The fourth-order valence-corrected chi connectivity index (χ4v) is 2.56. The van der Waals surface area contributed by atoms with E-state index in [1.807, 2.05) is 37.3 Å². The Morgan fingerprint density at radius 1 is 1.12 bits per heavy atom. The minimum atomic E-state index is -0.294. The van der Waals surface area contributed by atoms with E-state index in [4.69, 9.17) is 0 Å². The van der Waals surface area contributed by atoms with E-state index in [1.54, 1.807) is 19.2 Å². The average Bonchev–Trinajstić information content (AvgIpc) is 3.44. The lowest BCUT2D eigenvalue weighted by Crippen LogP contribution is -2.27. The fraction of sp³-hybridized carbons (Fsp3) is 0.316. The summed E-state index contributed by atoms with van der Waals surface area (Å²) < 4.78 is 0. The van der Waals surface area contributed by atoms with Crippen LogP contribution in [-0.2, 0) is 0 Å². The first-order valence-corrected chi connectivity index (χ1v) is 8.18. The van der Waals surface area contributed by atoms with Gasteiger partial charge in [0, 0.05) is 30.3 Å². The highest BCUT2D eigenvalue weighted by molar-refractivity contribution is 5.98. The summed E-state index contributed by atoms with van der Waals surface area (Å²) in [7, 11) is 1.56. The molecule has 1 unspecified atom stereocenters. The van der Waals surface area contributed by atoms with Gasteiger partial charge in [0.15, 0.2) is 0 Å². The maximum Gasteiger partial charge on any atom is 0.269 e. The Balaban J connectivity index is 1.97. The molecule has 3 rings (SSSR count). The standard InChI is InChI=1S/C19H21N3O2/c1-12(13-6-4-3-5-7-13)16-10-14(18(23)21-15-8-9-15)11-17(22-16)19(24)20-2/h3-7,10-12,15H,8-9H2,1-2H3,(H,20,24)(H,21,23). The van der Waals surface area contributed by atoms with Crippen LogP contribution in [0.2, 0.25) is 0 Å². The maximum atomic E-state index is 12.4. The van der Waals surface area contributed by atoms with Gasteiger partial charge in [0.05, 0.1) is 0 Å². The summed E-state index contributed by atoms with van der Waals surface area (Å²) in [6, 6.07) is 13.5. The summed E-state index contributed by atoms with van der Waals surface area (Å²) in [5, 5.41) is 5.54. The van der Waals surface area contributed by atoms with Gasteiger partial charge in [-0.25, -0.2) is 4.98 Å². The molecule has 5 nitrogen and oxygen atoms in total. The summed E-state index contributed by atoms with van der Waals surface area (Å²) >= 11 is 0. The summed E-state index contributed by atoms with van der Waals surface area (Å²) in [5.74, 6) is -0.451. The molecule has 1 atom stereocenters. The van der Waals surface area contributed by atoms with Crippen LogP contribution in [0.15, 0.2) is 42.5 Å². The second-order valence-electron chi connectivity index (χ2n) is 6.13. The molecule has 2 amide bonds. The fourth-order valence-electron chi connectivity index (χ4n) is 2.56. The Morgan fingerprint density at radius 3 is 2.46 bits per heavy atom. The van der Waals surface area contributed by atoms with E-state index in [0.717, 1.165) is 18.4 Å². The Kier molecular flexibility index (Phi) is 4.60. The Morgan fingerprint density at radius 2 is 1.83 bits per heavy atom. The number of nitrogens with zero attached hydrogens (tertiary/aromatic N) is 1. The van der Waals surface area contributed by atoms with Crippen molar-refractivity contribution in [1.82, 2.24) is 15.6 Å². The van der Waals surface area contributed by atoms with Gasteiger partial charge in [-0.05, 0) is 30.5 Å². The lowest BCUT2D eigenvalue weighted by Gasteiger charge is -2.14. The van der Waals surface area contributed by atoms with Crippen LogP contribution in [0.4, 0.5) is 0 Å². The lowest BCUT2D eigenvalue weighted by atomic mass is 9.96. The number of carbonyl (C=O) groups is 2. The third kappa shape index (κ3) is 3.62. The van der Waals surface area contributed by atoms with Crippen molar-refractivity contribution in [2.75, 3.05) is 7.05 Å². The first kappa shape index (κ1) is 16.2. The highest BCUT2D eigenvalue weighted by Gasteiger charge is 2.25. The van der Waals surface area contributed by atoms with Gasteiger partial charge in [-0.3, -0.25) is 9.59 Å². The van der Waals surface area contributed by atoms with Crippen LogP contribution in [0, 0.1) is 0 Å². The van der Waals surface area contributed by atoms with Crippen molar-refractivity contribution >= 4 is 11.8 Å². The van der Waals surface area contributed by atoms with Crippen molar-refractivity contribution in [1.29, 1.82) is 0 Å². The third-order valence-corrected chi connectivity index (χ3v) is 4.22.